The molecule has 2 heterocycles. The van der Waals surface area contributed by atoms with Crippen molar-refractivity contribution in [2.45, 2.75) is 44.3 Å². The number of carbonyl (C=O) groups excluding carboxylic acids is 3. The summed E-state index contributed by atoms with van der Waals surface area (Å²) < 4.78 is 14.0. The molecule has 0 bridgehead atoms. The van der Waals surface area contributed by atoms with Gasteiger partial charge in [-0.2, -0.15) is 0 Å². The molecule has 4 rings (SSSR count). The Morgan fingerprint density at radius 1 is 1.35 bits per heavy atom. The molecule has 1 saturated carbocycles. The van der Waals surface area contributed by atoms with Crippen molar-refractivity contribution < 1.29 is 23.9 Å². The van der Waals surface area contributed by atoms with Crippen molar-refractivity contribution in [2.24, 2.45) is 5.41 Å². The molecule has 1 aromatic carbocycles. The van der Waals surface area contributed by atoms with E-state index in [1.807, 2.05) is 0 Å². The predicted molar refractivity (Wildman–Crippen MR) is 110 cm³/mol. The van der Waals surface area contributed by atoms with Crippen molar-refractivity contribution in [3.63, 3.8) is 0 Å². The number of phenolic OH excluding ortho intramolecular Hbond substituents is 1. The van der Waals surface area contributed by atoms with Crippen LogP contribution in [0.15, 0.2) is 18.2 Å². The van der Waals surface area contributed by atoms with Gasteiger partial charge in [0, 0.05) is 62.7 Å². The number of phenols is 1. The van der Waals surface area contributed by atoms with Crippen LogP contribution in [0.25, 0.3) is 0 Å². The molecule has 31 heavy (non-hydrogen) atoms. The van der Waals surface area contributed by atoms with Gasteiger partial charge in [-0.25, -0.2) is 14.0 Å². The SMILES string of the molecule is CNC(=O)N1CC(N(C(=O)NCc2ccc(O)cc2F)C2CC2)C[C@]2(CNC(=O)C2)C1. The van der Waals surface area contributed by atoms with Crippen LogP contribution < -0.4 is 16.0 Å². The summed E-state index contributed by atoms with van der Waals surface area (Å²) in [6, 6.07) is 3.11. The van der Waals surface area contributed by atoms with Crippen molar-refractivity contribution >= 4 is 18.0 Å². The third-order valence-electron chi connectivity index (χ3n) is 6.36. The van der Waals surface area contributed by atoms with Crippen molar-refractivity contribution in [1.82, 2.24) is 25.8 Å². The monoisotopic (exact) mass is 433 g/mol. The average molecular weight is 433 g/mol. The average Bonchev–Trinajstić information content (AvgIpc) is 3.50. The number of carbonyl (C=O) groups is 3. The molecule has 1 spiro atoms. The number of piperidine rings is 1. The fourth-order valence-corrected chi connectivity index (χ4v) is 4.78. The van der Waals surface area contributed by atoms with Gasteiger partial charge in [0.15, 0.2) is 0 Å². The number of amides is 5. The lowest BCUT2D eigenvalue weighted by Gasteiger charge is -2.47. The van der Waals surface area contributed by atoms with Crippen molar-refractivity contribution in [3.05, 3.63) is 29.6 Å². The van der Waals surface area contributed by atoms with Gasteiger partial charge in [-0.05, 0) is 25.3 Å². The Morgan fingerprint density at radius 3 is 2.74 bits per heavy atom. The zero-order chi connectivity index (χ0) is 22.2. The largest absolute Gasteiger partial charge is 0.508 e. The van der Waals surface area contributed by atoms with E-state index in [4.69, 9.17) is 0 Å². The quantitative estimate of drug-likeness (QED) is 0.570. The molecular formula is C21H28FN5O4. The van der Waals surface area contributed by atoms with Gasteiger partial charge in [0.25, 0.3) is 0 Å². The molecule has 0 aromatic heterocycles. The van der Waals surface area contributed by atoms with Crippen LogP contribution in [0.5, 0.6) is 5.75 Å². The second-order valence-electron chi connectivity index (χ2n) is 8.82. The molecular weight excluding hydrogens is 405 g/mol. The van der Waals surface area contributed by atoms with E-state index >= 15 is 0 Å². The highest BCUT2D eigenvalue weighted by Crippen LogP contribution is 2.40. The fourth-order valence-electron chi connectivity index (χ4n) is 4.78. The molecule has 4 N–H and O–H groups in total. The second-order valence-corrected chi connectivity index (χ2v) is 8.82. The molecule has 3 fully saturated rings. The zero-order valence-electron chi connectivity index (χ0n) is 17.5. The Hall–Kier alpha value is -3.04. The van der Waals surface area contributed by atoms with Gasteiger partial charge >= 0.3 is 12.1 Å². The van der Waals surface area contributed by atoms with Crippen LogP contribution in [0.2, 0.25) is 0 Å². The predicted octanol–water partition coefficient (Wildman–Crippen LogP) is 1.13. The molecule has 2 aliphatic heterocycles. The van der Waals surface area contributed by atoms with Crippen molar-refractivity contribution in [2.75, 3.05) is 26.7 Å². The normalized spacial score (nSPS) is 25.3. The highest BCUT2D eigenvalue weighted by molar-refractivity contribution is 5.80. The van der Waals surface area contributed by atoms with E-state index in [9.17, 15) is 23.9 Å². The van der Waals surface area contributed by atoms with Crippen molar-refractivity contribution in [1.29, 1.82) is 0 Å². The lowest BCUT2D eigenvalue weighted by Crippen LogP contribution is -2.61. The minimum Gasteiger partial charge on any atom is -0.508 e. The van der Waals surface area contributed by atoms with Crippen LogP contribution in [0.3, 0.4) is 0 Å². The lowest BCUT2D eigenvalue weighted by atomic mass is 9.76. The van der Waals surface area contributed by atoms with E-state index < -0.39 is 11.2 Å². The Morgan fingerprint density at radius 2 is 2.13 bits per heavy atom. The van der Waals surface area contributed by atoms with Crippen LogP contribution in [0.1, 0.15) is 31.2 Å². The van der Waals surface area contributed by atoms with Crippen molar-refractivity contribution in [3.8, 4) is 5.75 Å². The molecule has 1 unspecified atom stereocenters. The number of hydrogen-bond acceptors (Lipinski definition) is 4. The number of nitrogens with one attached hydrogen (secondary N) is 3. The van der Waals surface area contributed by atoms with E-state index in [1.54, 1.807) is 16.8 Å². The number of benzene rings is 1. The number of rotatable bonds is 4. The third kappa shape index (κ3) is 4.52. The van der Waals surface area contributed by atoms with Gasteiger partial charge in [-0.3, -0.25) is 4.79 Å². The molecule has 2 saturated heterocycles. The Labute approximate surface area is 180 Å². The van der Waals surface area contributed by atoms with Gasteiger partial charge in [-0.1, -0.05) is 6.07 Å². The van der Waals surface area contributed by atoms with E-state index in [0.29, 0.717) is 32.5 Å². The summed E-state index contributed by atoms with van der Waals surface area (Å²) in [5.41, 5.74) is -0.122. The summed E-state index contributed by atoms with van der Waals surface area (Å²) >= 11 is 0. The van der Waals surface area contributed by atoms with E-state index in [2.05, 4.69) is 16.0 Å². The minimum absolute atomic E-state index is 0.00870. The van der Waals surface area contributed by atoms with Crippen LogP contribution in [0.4, 0.5) is 14.0 Å². The first-order valence-electron chi connectivity index (χ1n) is 10.6. The zero-order valence-corrected chi connectivity index (χ0v) is 17.5. The van der Waals surface area contributed by atoms with Gasteiger partial charge in [-0.15, -0.1) is 0 Å². The number of hydrogen-bond donors (Lipinski definition) is 4. The first-order chi connectivity index (χ1) is 14.8. The lowest BCUT2D eigenvalue weighted by molar-refractivity contribution is -0.120. The maximum atomic E-state index is 14.0. The summed E-state index contributed by atoms with van der Waals surface area (Å²) in [7, 11) is 1.56. The molecule has 3 aliphatic rings. The molecule has 5 amide bonds. The number of nitrogens with zero attached hydrogens (tertiary/aromatic N) is 2. The van der Waals surface area contributed by atoms with Gasteiger partial charge in [0.2, 0.25) is 5.91 Å². The number of likely N-dealkylation sites (tertiary alicyclic amines) is 1. The maximum Gasteiger partial charge on any atom is 0.318 e. The Kier molecular flexibility index (Phi) is 5.63. The molecule has 0 radical (unpaired) electrons. The first-order valence-corrected chi connectivity index (χ1v) is 10.6. The summed E-state index contributed by atoms with van der Waals surface area (Å²) in [5, 5.41) is 17.7. The summed E-state index contributed by atoms with van der Waals surface area (Å²) in [4.78, 5) is 41.0. The van der Waals surface area contributed by atoms with Gasteiger partial charge in [0.1, 0.15) is 11.6 Å². The Bertz CT molecular complexity index is 893. The number of urea groups is 2. The summed E-state index contributed by atoms with van der Waals surface area (Å²) in [6.45, 7) is 1.31. The number of halogens is 1. The maximum absolute atomic E-state index is 14.0. The van der Waals surface area contributed by atoms with Crippen LogP contribution in [-0.2, 0) is 11.3 Å². The van der Waals surface area contributed by atoms with Crippen LogP contribution >= 0.6 is 0 Å². The second kappa shape index (κ2) is 8.24. The van der Waals surface area contributed by atoms with E-state index in [1.165, 1.54) is 12.1 Å². The van der Waals surface area contributed by atoms with Gasteiger partial charge in [0.05, 0.1) is 6.04 Å². The molecule has 2 atom stereocenters. The molecule has 10 heteroatoms. The smallest absolute Gasteiger partial charge is 0.318 e. The van der Waals surface area contributed by atoms with Crippen LogP contribution in [0, 0.1) is 11.2 Å². The summed E-state index contributed by atoms with van der Waals surface area (Å²) in [5.74, 6) is -0.798. The Balaban J connectivity index is 1.51. The fraction of sp³-hybridized carbons (Fsp3) is 0.571. The van der Waals surface area contributed by atoms with E-state index in [0.717, 1.165) is 18.9 Å². The molecule has 168 valence electrons. The van der Waals surface area contributed by atoms with Crippen LogP contribution in [-0.4, -0.2) is 71.6 Å². The summed E-state index contributed by atoms with van der Waals surface area (Å²) in [6.07, 6.45) is 2.70. The highest BCUT2D eigenvalue weighted by Gasteiger charge is 2.50. The minimum atomic E-state index is -0.587. The standard InChI is InChI=1S/C21H28FN5O4/c1-23-19(30)26-10-15(7-21(12-26)8-18(29)25-11-21)27(14-3-4-14)20(31)24-9-13-2-5-16(28)6-17(13)22/h2,5-6,14-15,28H,3-4,7-12H2,1H3,(H,23,30)(H,24,31)(H,25,29)/t15?,21-/m0/s1. The first kappa shape index (κ1) is 21.2. The molecule has 9 nitrogen and oxygen atoms in total. The van der Waals surface area contributed by atoms with E-state index in [-0.39, 0.29) is 47.9 Å². The van der Waals surface area contributed by atoms with Gasteiger partial charge < -0.3 is 30.9 Å². The highest BCUT2D eigenvalue weighted by atomic mass is 19.1. The molecule has 1 aromatic rings. The molecule has 1 aliphatic carbocycles. The third-order valence-corrected chi connectivity index (χ3v) is 6.36. The number of aromatic hydroxyl groups is 1. The topological polar surface area (TPSA) is 114 Å².